The van der Waals surface area contributed by atoms with E-state index in [1.54, 1.807) is 20.8 Å². The van der Waals surface area contributed by atoms with Gasteiger partial charge in [-0.1, -0.05) is 0 Å². The second kappa shape index (κ2) is 4.91. The fraction of sp³-hybridized carbons (Fsp3) is 0.875. The van der Waals surface area contributed by atoms with Crippen molar-refractivity contribution in [3.8, 4) is 0 Å². The molecule has 7 heteroatoms. The average Bonchev–Trinajstić information content (AvgIpc) is 1.95. The Labute approximate surface area is 90.7 Å². The van der Waals surface area contributed by atoms with Crippen LogP contribution in [-0.2, 0) is 14.8 Å². The number of sulfonamides is 1. The van der Waals surface area contributed by atoms with Gasteiger partial charge >= 0.3 is 0 Å². The number of rotatable bonds is 5. The van der Waals surface area contributed by atoms with Crippen LogP contribution in [0, 0.1) is 0 Å². The fourth-order valence-corrected chi connectivity index (χ4v) is 2.08. The van der Waals surface area contributed by atoms with Gasteiger partial charge in [-0.3, -0.25) is 4.79 Å². The van der Waals surface area contributed by atoms with Gasteiger partial charge < -0.3 is 11.1 Å². The van der Waals surface area contributed by atoms with Gasteiger partial charge in [-0.15, -0.1) is 0 Å². The van der Waals surface area contributed by atoms with Crippen LogP contribution in [0.1, 0.15) is 20.8 Å². The average molecular weight is 237 g/mol. The summed E-state index contributed by atoms with van der Waals surface area (Å²) in [6.45, 7) is 5.11. The molecule has 6 nitrogen and oxygen atoms in total. The van der Waals surface area contributed by atoms with Crippen molar-refractivity contribution in [1.82, 2.24) is 10.0 Å². The molecule has 0 aromatic heterocycles. The Morgan fingerprint density at radius 2 is 1.93 bits per heavy atom. The molecule has 0 aliphatic rings. The molecule has 90 valence electrons. The number of nitrogens with two attached hydrogens (primary N) is 1. The molecule has 0 spiro atoms. The molecular weight excluding hydrogens is 218 g/mol. The maximum atomic E-state index is 11.1. The minimum absolute atomic E-state index is 0.195. The van der Waals surface area contributed by atoms with E-state index < -0.39 is 21.6 Å². The van der Waals surface area contributed by atoms with E-state index in [-0.39, 0.29) is 12.5 Å². The monoisotopic (exact) mass is 237 g/mol. The molecule has 4 N–H and O–H groups in total. The lowest BCUT2D eigenvalue weighted by Crippen LogP contribution is -2.53. The van der Waals surface area contributed by atoms with E-state index >= 15 is 0 Å². The number of hydrogen-bond acceptors (Lipinski definition) is 4. The van der Waals surface area contributed by atoms with Crippen molar-refractivity contribution < 1.29 is 13.2 Å². The Morgan fingerprint density at radius 3 is 2.27 bits per heavy atom. The number of hydrogen-bond donors (Lipinski definition) is 3. The van der Waals surface area contributed by atoms with E-state index in [4.69, 9.17) is 5.73 Å². The number of amides is 1. The Morgan fingerprint density at radius 1 is 1.47 bits per heavy atom. The molecule has 0 aromatic rings. The molecule has 0 aliphatic heterocycles. The van der Waals surface area contributed by atoms with Crippen LogP contribution >= 0.6 is 0 Å². The Hall–Kier alpha value is -0.660. The van der Waals surface area contributed by atoms with Crippen molar-refractivity contribution in [1.29, 1.82) is 0 Å². The highest BCUT2D eigenvalue weighted by atomic mass is 32.2. The molecule has 0 saturated heterocycles. The first kappa shape index (κ1) is 14.3. The topological polar surface area (TPSA) is 101 Å². The van der Waals surface area contributed by atoms with Gasteiger partial charge in [0.25, 0.3) is 0 Å². The van der Waals surface area contributed by atoms with E-state index in [0.29, 0.717) is 0 Å². The van der Waals surface area contributed by atoms with Gasteiger partial charge in [0.05, 0.1) is 12.3 Å². The third-order valence-corrected chi connectivity index (χ3v) is 2.50. The summed E-state index contributed by atoms with van der Waals surface area (Å²) in [6, 6.07) is -0.598. The summed E-state index contributed by atoms with van der Waals surface area (Å²) in [7, 11) is -3.28. The van der Waals surface area contributed by atoms with E-state index in [0.717, 1.165) is 6.26 Å². The Kier molecular flexibility index (Phi) is 4.69. The number of carbonyl (C=O) groups is 1. The second-order valence-corrected chi connectivity index (χ2v) is 6.01. The zero-order valence-electron chi connectivity index (χ0n) is 9.49. The van der Waals surface area contributed by atoms with Gasteiger partial charge in [-0.05, 0) is 20.8 Å². The Bertz CT molecular complexity index is 322. The second-order valence-electron chi connectivity index (χ2n) is 4.26. The molecule has 0 rings (SSSR count). The van der Waals surface area contributed by atoms with E-state index in [2.05, 4.69) is 10.0 Å². The standard InChI is InChI=1S/C8H19N3O3S/c1-6(9)7(12)10-5-8(2,3)11-15(4,13)14/h6,11H,5,9H2,1-4H3,(H,10,12). The van der Waals surface area contributed by atoms with Crippen LogP contribution < -0.4 is 15.8 Å². The van der Waals surface area contributed by atoms with Crippen LogP contribution in [0.3, 0.4) is 0 Å². The van der Waals surface area contributed by atoms with Crippen LogP contribution in [0.4, 0.5) is 0 Å². The molecule has 0 fully saturated rings. The van der Waals surface area contributed by atoms with Crippen LogP contribution in [0.15, 0.2) is 0 Å². The van der Waals surface area contributed by atoms with Crippen molar-refractivity contribution in [3.05, 3.63) is 0 Å². The van der Waals surface area contributed by atoms with E-state index in [1.807, 2.05) is 0 Å². The minimum Gasteiger partial charge on any atom is -0.353 e. The predicted octanol–water partition coefficient (Wildman–Crippen LogP) is -1.22. The minimum atomic E-state index is -3.28. The summed E-state index contributed by atoms with van der Waals surface area (Å²) >= 11 is 0. The molecule has 0 aromatic carbocycles. The molecule has 1 amide bonds. The first-order valence-electron chi connectivity index (χ1n) is 4.56. The van der Waals surface area contributed by atoms with Crippen molar-refractivity contribution in [2.45, 2.75) is 32.4 Å². The van der Waals surface area contributed by atoms with Gasteiger partial charge in [0, 0.05) is 12.1 Å². The molecule has 15 heavy (non-hydrogen) atoms. The molecular formula is C8H19N3O3S. The third-order valence-electron chi connectivity index (χ3n) is 1.58. The Balaban J connectivity index is 4.22. The SMILES string of the molecule is CC(N)C(=O)NCC(C)(C)NS(C)(=O)=O. The summed E-state index contributed by atoms with van der Waals surface area (Å²) < 4.78 is 24.4. The van der Waals surface area contributed by atoms with Gasteiger partial charge in [0.15, 0.2) is 0 Å². The van der Waals surface area contributed by atoms with Crippen LogP contribution in [-0.4, -0.2) is 38.7 Å². The normalized spacial score (nSPS) is 14.7. The van der Waals surface area contributed by atoms with Gasteiger partial charge in [-0.25, -0.2) is 13.1 Å². The quantitative estimate of drug-likeness (QED) is 0.557. The molecule has 0 saturated carbocycles. The zero-order valence-corrected chi connectivity index (χ0v) is 10.3. The lowest BCUT2D eigenvalue weighted by Gasteiger charge is -2.25. The fourth-order valence-electron chi connectivity index (χ4n) is 1.01. The summed E-state index contributed by atoms with van der Waals surface area (Å²) in [5, 5.41) is 2.55. The highest BCUT2D eigenvalue weighted by molar-refractivity contribution is 7.88. The summed E-state index contributed by atoms with van der Waals surface area (Å²) in [5.74, 6) is -0.307. The van der Waals surface area contributed by atoms with Crippen molar-refractivity contribution in [2.24, 2.45) is 5.73 Å². The molecule has 0 heterocycles. The zero-order chi connectivity index (χ0) is 12.3. The third kappa shape index (κ3) is 7.29. The number of nitrogens with one attached hydrogen (secondary N) is 2. The summed E-state index contributed by atoms with van der Waals surface area (Å²) in [6.07, 6.45) is 1.07. The molecule has 1 atom stereocenters. The summed E-state index contributed by atoms with van der Waals surface area (Å²) in [4.78, 5) is 11.1. The lowest BCUT2D eigenvalue weighted by molar-refractivity contribution is -0.122. The first-order chi connectivity index (χ1) is 6.53. The van der Waals surface area contributed by atoms with Crippen molar-refractivity contribution in [3.63, 3.8) is 0 Å². The van der Waals surface area contributed by atoms with Crippen LogP contribution in [0.5, 0.6) is 0 Å². The number of carbonyl (C=O) groups excluding carboxylic acids is 1. The van der Waals surface area contributed by atoms with Crippen molar-refractivity contribution in [2.75, 3.05) is 12.8 Å². The van der Waals surface area contributed by atoms with Crippen molar-refractivity contribution >= 4 is 15.9 Å². The molecule has 0 aliphatic carbocycles. The van der Waals surface area contributed by atoms with Crippen LogP contribution in [0.25, 0.3) is 0 Å². The summed E-state index contributed by atoms with van der Waals surface area (Å²) in [5.41, 5.74) is 4.62. The van der Waals surface area contributed by atoms with E-state index in [9.17, 15) is 13.2 Å². The molecule has 0 bridgehead atoms. The van der Waals surface area contributed by atoms with E-state index in [1.165, 1.54) is 0 Å². The highest BCUT2D eigenvalue weighted by Gasteiger charge is 2.23. The smallest absolute Gasteiger partial charge is 0.236 e. The lowest BCUT2D eigenvalue weighted by atomic mass is 10.1. The van der Waals surface area contributed by atoms with Gasteiger partial charge in [-0.2, -0.15) is 0 Å². The first-order valence-corrected chi connectivity index (χ1v) is 6.45. The predicted molar refractivity (Wildman–Crippen MR) is 58.7 cm³/mol. The highest BCUT2D eigenvalue weighted by Crippen LogP contribution is 2.01. The van der Waals surface area contributed by atoms with Gasteiger partial charge in [0.1, 0.15) is 0 Å². The van der Waals surface area contributed by atoms with Crippen LogP contribution in [0.2, 0.25) is 0 Å². The maximum absolute atomic E-state index is 11.1. The largest absolute Gasteiger partial charge is 0.353 e. The maximum Gasteiger partial charge on any atom is 0.236 e. The van der Waals surface area contributed by atoms with Gasteiger partial charge in [0.2, 0.25) is 15.9 Å². The molecule has 1 unspecified atom stereocenters. The molecule has 0 radical (unpaired) electrons.